The number of rotatable bonds is 6. The van der Waals surface area contributed by atoms with Gasteiger partial charge in [-0.05, 0) is 0 Å². The van der Waals surface area contributed by atoms with Crippen LogP contribution in [0.4, 0.5) is 4.79 Å². The van der Waals surface area contributed by atoms with Gasteiger partial charge >= 0.3 is 18.0 Å². The van der Waals surface area contributed by atoms with Crippen molar-refractivity contribution in [3.63, 3.8) is 0 Å². The normalized spacial score (nSPS) is 15.9. The van der Waals surface area contributed by atoms with Crippen molar-refractivity contribution in [2.24, 2.45) is 0 Å². The van der Waals surface area contributed by atoms with Crippen LogP contribution in [0.15, 0.2) is 0 Å². The molecular formula is C9H11N3O7. The number of hydrogen-bond donors (Lipinski definition) is 4. The van der Waals surface area contributed by atoms with E-state index >= 15 is 0 Å². The van der Waals surface area contributed by atoms with Gasteiger partial charge in [0.1, 0.15) is 12.6 Å². The number of nitrogens with one attached hydrogen (secondary N) is 2. The first-order valence-electron chi connectivity index (χ1n) is 5.13. The first-order chi connectivity index (χ1) is 8.81. The molecule has 1 heterocycles. The summed E-state index contributed by atoms with van der Waals surface area (Å²) >= 11 is 0. The van der Waals surface area contributed by atoms with Crippen LogP contribution in [0.25, 0.3) is 0 Å². The summed E-state index contributed by atoms with van der Waals surface area (Å²) in [5, 5.41) is 21.3. The molecule has 1 rings (SSSR count). The molecule has 0 aromatic heterocycles. The predicted octanol–water partition coefficient (Wildman–Crippen LogP) is -2.42. The molecule has 0 aliphatic carbocycles. The first-order valence-corrected chi connectivity index (χ1v) is 5.13. The molecule has 10 nitrogen and oxygen atoms in total. The summed E-state index contributed by atoms with van der Waals surface area (Å²) in [5.74, 6) is -4.47. The van der Waals surface area contributed by atoms with E-state index in [1.165, 1.54) is 0 Å². The lowest BCUT2D eigenvalue weighted by Gasteiger charge is -2.15. The van der Waals surface area contributed by atoms with Crippen molar-refractivity contribution in [2.75, 3.05) is 13.1 Å². The Morgan fingerprint density at radius 2 is 1.95 bits per heavy atom. The fourth-order valence-corrected chi connectivity index (χ4v) is 1.37. The predicted molar refractivity (Wildman–Crippen MR) is 56.9 cm³/mol. The third-order valence-corrected chi connectivity index (χ3v) is 2.25. The van der Waals surface area contributed by atoms with Crippen molar-refractivity contribution in [2.45, 2.75) is 12.5 Å². The maximum absolute atomic E-state index is 11.4. The second kappa shape index (κ2) is 5.80. The van der Waals surface area contributed by atoms with Gasteiger partial charge in [0.2, 0.25) is 5.91 Å². The lowest BCUT2D eigenvalue weighted by atomic mass is 10.2. The van der Waals surface area contributed by atoms with Gasteiger partial charge in [0.05, 0.1) is 13.0 Å². The van der Waals surface area contributed by atoms with Gasteiger partial charge in [0, 0.05) is 0 Å². The van der Waals surface area contributed by atoms with Gasteiger partial charge in [-0.25, -0.2) is 9.59 Å². The average molecular weight is 273 g/mol. The minimum atomic E-state index is -1.62. The first kappa shape index (κ1) is 14.4. The molecule has 0 spiro atoms. The third kappa shape index (κ3) is 3.94. The molecule has 1 aliphatic heterocycles. The largest absolute Gasteiger partial charge is 0.481 e. The molecule has 0 bridgehead atoms. The van der Waals surface area contributed by atoms with Crippen molar-refractivity contribution in [3.8, 4) is 0 Å². The zero-order valence-corrected chi connectivity index (χ0v) is 9.58. The SMILES string of the molecule is O=C(O)C[C@H](NC(=O)CN1C(=O)CNC1=O)C(=O)O. The highest BCUT2D eigenvalue weighted by atomic mass is 16.4. The van der Waals surface area contributed by atoms with Crippen molar-refractivity contribution >= 4 is 29.8 Å². The number of imide groups is 1. The van der Waals surface area contributed by atoms with Crippen LogP contribution in [-0.4, -0.2) is 64.0 Å². The molecule has 4 amide bonds. The van der Waals surface area contributed by atoms with Gasteiger partial charge in [-0.1, -0.05) is 0 Å². The van der Waals surface area contributed by atoms with E-state index in [9.17, 15) is 24.0 Å². The van der Waals surface area contributed by atoms with Gasteiger partial charge < -0.3 is 20.8 Å². The van der Waals surface area contributed by atoms with Crippen LogP contribution < -0.4 is 10.6 Å². The molecule has 1 atom stereocenters. The van der Waals surface area contributed by atoms with Crippen molar-refractivity contribution in [1.82, 2.24) is 15.5 Å². The molecule has 1 fully saturated rings. The summed E-state index contributed by atoms with van der Waals surface area (Å²) in [5.41, 5.74) is 0. The van der Waals surface area contributed by atoms with Crippen molar-refractivity contribution < 1.29 is 34.2 Å². The van der Waals surface area contributed by atoms with Crippen LogP contribution in [0, 0.1) is 0 Å². The van der Waals surface area contributed by atoms with E-state index in [1.807, 2.05) is 5.32 Å². The number of carbonyl (C=O) groups is 5. The average Bonchev–Trinajstić information content (AvgIpc) is 2.59. The van der Waals surface area contributed by atoms with Crippen LogP contribution >= 0.6 is 0 Å². The molecule has 0 aromatic carbocycles. The summed E-state index contributed by atoms with van der Waals surface area (Å²) in [4.78, 5) is 55.4. The Balaban J connectivity index is 2.57. The van der Waals surface area contributed by atoms with Gasteiger partial charge in [0.25, 0.3) is 5.91 Å². The second-order valence-corrected chi connectivity index (χ2v) is 3.69. The number of carbonyl (C=O) groups excluding carboxylic acids is 3. The molecule has 4 N–H and O–H groups in total. The summed E-state index contributed by atoms with van der Waals surface area (Å²) in [7, 11) is 0. The van der Waals surface area contributed by atoms with E-state index in [0.717, 1.165) is 0 Å². The smallest absolute Gasteiger partial charge is 0.326 e. The Labute approximate surface area is 106 Å². The summed E-state index contributed by atoms with van der Waals surface area (Å²) in [6.07, 6.45) is -0.804. The van der Waals surface area contributed by atoms with Gasteiger partial charge in [-0.3, -0.25) is 19.3 Å². The Hall–Kier alpha value is -2.65. The number of urea groups is 1. The lowest BCUT2D eigenvalue weighted by Crippen LogP contribution is -2.47. The van der Waals surface area contributed by atoms with E-state index in [2.05, 4.69) is 5.32 Å². The maximum atomic E-state index is 11.4. The van der Waals surface area contributed by atoms with E-state index in [1.54, 1.807) is 0 Å². The summed E-state index contributed by atoms with van der Waals surface area (Å²) in [6, 6.07) is -2.38. The van der Waals surface area contributed by atoms with E-state index in [4.69, 9.17) is 10.2 Å². The molecule has 104 valence electrons. The van der Waals surface area contributed by atoms with Crippen LogP contribution in [0.1, 0.15) is 6.42 Å². The molecular weight excluding hydrogens is 262 g/mol. The molecule has 0 unspecified atom stereocenters. The number of nitrogens with zero attached hydrogens (tertiary/aromatic N) is 1. The van der Waals surface area contributed by atoms with Crippen molar-refractivity contribution in [3.05, 3.63) is 0 Å². The number of carboxylic acid groups (broad SMARTS) is 2. The molecule has 10 heteroatoms. The Kier molecular flexibility index (Phi) is 4.40. The van der Waals surface area contributed by atoms with Gasteiger partial charge in [-0.15, -0.1) is 0 Å². The number of aliphatic carboxylic acids is 2. The Bertz CT molecular complexity index is 431. The minimum absolute atomic E-state index is 0.233. The molecule has 0 aromatic rings. The fraction of sp³-hybridized carbons (Fsp3) is 0.444. The van der Waals surface area contributed by atoms with Crippen LogP contribution in [-0.2, 0) is 19.2 Å². The molecule has 0 saturated carbocycles. The van der Waals surface area contributed by atoms with Gasteiger partial charge in [-0.2, -0.15) is 0 Å². The molecule has 19 heavy (non-hydrogen) atoms. The zero-order valence-electron chi connectivity index (χ0n) is 9.58. The Morgan fingerprint density at radius 3 is 2.37 bits per heavy atom. The lowest BCUT2D eigenvalue weighted by molar-refractivity contribution is -0.147. The minimum Gasteiger partial charge on any atom is -0.481 e. The summed E-state index contributed by atoms with van der Waals surface area (Å²) in [6.45, 7) is -0.891. The number of amides is 4. The highest BCUT2D eigenvalue weighted by Gasteiger charge is 2.31. The second-order valence-electron chi connectivity index (χ2n) is 3.69. The van der Waals surface area contributed by atoms with Crippen LogP contribution in [0.2, 0.25) is 0 Å². The monoisotopic (exact) mass is 273 g/mol. The maximum Gasteiger partial charge on any atom is 0.326 e. The van der Waals surface area contributed by atoms with Crippen LogP contribution in [0.3, 0.4) is 0 Å². The van der Waals surface area contributed by atoms with Gasteiger partial charge in [0.15, 0.2) is 0 Å². The number of hydrogen-bond acceptors (Lipinski definition) is 5. The topological polar surface area (TPSA) is 153 Å². The standard InChI is InChI=1S/C9H11N3O7/c13-5(3-12-6(14)2-10-9(12)19)11-4(8(17)18)1-7(15)16/h4H,1-3H2,(H,10,19)(H,11,13)(H,15,16)(H,17,18)/t4-/m0/s1. The molecule has 1 aliphatic rings. The van der Waals surface area contributed by atoms with Crippen molar-refractivity contribution in [1.29, 1.82) is 0 Å². The van der Waals surface area contributed by atoms with E-state index in [0.29, 0.717) is 4.90 Å². The molecule has 1 saturated heterocycles. The summed E-state index contributed by atoms with van der Waals surface area (Å²) < 4.78 is 0. The fourth-order valence-electron chi connectivity index (χ4n) is 1.37. The number of carboxylic acids is 2. The zero-order chi connectivity index (χ0) is 14.6. The Morgan fingerprint density at radius 1 is 1.32 bits per heavy atom. The molecule has 0 radical (unpaired) electrons. The highest BCUT2D eigenvalue weighted by Crippen LogP contribution is 1.99. The highest BCUT2D eigenvalue weighted by molar-refractivity contribution is 6.04. The third-order valence-electron chi connectivity index (χ3n) is 2.25. The van der Waals surface area contributed by atoms with Crippen LogP contribution in [0.5, 0.6) is 0 Å². The van der Waals surface area contributed by atoms with E-state index < -0.39 is 48.8 Å². The quantitative estimate of drug-likeness (QED) is 0.393. The van der Waals surface area contributed by atoms with E-state index in [-0.39, 0.29) is 6.54 Å².